The molecule has 0 radical (unpaired) electrons. The van der Waals surface area contributed by atoms with Crippen LogP contribution in [0, 0.1) is 0 Å². The molecule has 1 aliphatic rings. The first-order chi connectivity index (χ1) is 10.6. The van der Waals surface area contributed by atoms with Gasteiger partial charge in [-0.15, -0.1) is 0 Å². The Bertz CT molecular complexity index is 733. The largest absolute Gasteiger partial charge is 0.508 e. The molecule has 0 fully saturated rings. The minimum atomic E-state index is -0.437. The molecule has 5 heteroatoms. The lowest BCUT2D eigenvalue weighted by Gasteiger charge is -2.25. The molecule has 0 saturated heterocycles. The quantitative estimate of drug-likeness (QED) is 0.863. The molecule has 2 aromatic carbocycles. The maximum atomic E-state index is 12.2. The summed E-state index contributed by atoms with van der Waals surface area (Å²) in [5.74, 6) is -0.0303. The fourth-order valence-electron chi connectivity index (χ4n) is 2.45. The fraction of sp³-hybridized carbons (Fsp3) is 0.176. The molecule has 0 aliphatic carbocycles. The van der Waals surface area contributed by atoms with Gasteiger partial charge in [0.1, 0.15) is 17.6 Å². The van der Waals surface area contributed by atoms with Crippen molar-refractivity contribution in [3.05, 3.63) is 59.2 Å². The lowest BCUT2D eigenvalue weighted by atomic mass is 9.95. The summed E-state index contributed by atoms with van der Waals surface area (Å²) in [6.45, 7) is 0. The summed E-state index contributed by atoms with van der Waals surface area (Å²) in [4.78, 5) is 23.6. The zero-order chi connectivity index (χ0) is 15.7. The van der Waals surface area contributed by atoms with Crippen molar-refractivity contribution in [1.29, 1.82) is 0 Å². The van der Waals surface area contributed by atoms with Gasteiger partial charge in [-0.3, -0.25) is 4.79 Å². The monoisotopic (exact) mass is 298 g/mol. The maximum absolute atomic E-state index is 12.2. The lowest BCUT2D eigenvalue weighted by molar-refractivity contribution is 0.0600. The van der Waals surface area contributed by atoms with Gasteiger partial charge < -0.3 is 14.6 Å². The van der Waals surface area contributed by atoms with Gasteiger partial charge in [-0.05, 0) is 29.8 Å². The van der Waals surface area contributed by atoms with Crippen LogP contribution in [0.3, 0.4) is 0 Å². The molecule has 0 saturated carbocycles. The molecule has 0 spiro atoms. The highest BCUT2D eigenvalue weighted by atomic mass is 16.5. The Balaban J connectivity index is 1.88. The fourth-order valence-corrected chi connectivity index (χ4v) is 2.45. The van der Waals surface area contributed by atoms with Crippen LogP contribution in [0.25, 0.3) is 0 Å². The molecule has 3 rings (SSSR count). The van der Waals surface area contributed by atoms with Crippen LogP contribution in [-0.4, -0.2) is 24.0 Å². The normalized spacial score (nSPS) is 16.6. The van der Waals surface area contributed by atoms with Gasteiger partial charge in [-0.25, -0.2) is 4.79 Å². The molecule has 1 N–H and O–H groups in total. The van der Waals surface area contributed by atoms with Gasteiger partial charge in [0.2, 0.25) is 0 Å². The van der Waals surface area contributed by atoms with Crippen LogP contribution in [0.15, 0.2) is 42.5 Å². The van der Waals surface area contributed by atoms with E-state index < -0.39 is 12.1 Å². The maximum Gasteiger partial charge on any atom is 0.337 e. The molecule has 0 unspecified atom stereocenters. The highest BCUT2D eigenvalue weighted by Gasteiger charge is 2.28. The number of aromatic hydroxyl groups is 1. The molecule has 22 heavy (non-hydrogen) atoms. The summed E-state index contributed by atoms with van der Waals surface area (Å²) in [6, 6.07) is 11.2. The highest BCUT2D eigenvalue weighted by molar-refractivity contribution is 6.00. The summed E-state index contributed by atoms with van der Waals surface area (Å²) in [6.07, 6.45) is -0.219. The van der Waals surface area contributed by atoms with E-state index in [1.165, 1.54) is 19.2 Å². The van der Waals surface area contributed by atoms with Crippen molar-refractivity contribution in [2.45, 2.75) is 12.5 Å². The van der Waals surface area contributed by atoms with Gasteiger partial charge in [0, 0.05) is 6.07 Å². The number of phenolic OH excluding ortho intramolecular Hbond substituents is 1. The Morgan fingerprint density at radius 2 is 1.95 bits per heavy atom. The second-order valence-corrected chi connectivity index (χ2v) is 5.03. The number of rotatable bonds is 2. The lowest BCUT2D eigenvalue weighted by Crippen LogP contribution is -2.20. The summed E-state index contributed by atoms with van der Waals surface area (Å²) in [5, 5.41) is 9.51. The zero-order valence-corrected chi connectivity index (χ0v) is 11.9. The van der Waals surface area contributed by atoms with Crippen LogP contribution < -0.4 is 4.74 Å². The number of fused-ring (bicyclic) bond motifs is 1. The second kappa shape index (κ2) is 5.52. The number of ketones is 1. The number of phenols is 1. The van der Waals surface area contributed by atoms with E-state index in [0.717, 1.165) is 5.56 Å². The standard InChI is InChI=1S/C17H14O5/c1-21-17(20)11-4-2-10(3-5-11)15-9-14(19)13-7-6-12(18)8-16(13)22-15/h2-8,15,18H,9H2,1H3/t15-/m1/s1. The van der Waals surface area contributed by atoms with Crippen LogP contribution in [0.4, 0.5) is 0 Å². The van der Waals surface area contributed by atoms with Crippen molar-refractivity contribution in [2.75, 3.05) is 7.11 Å². The van der Waals surface area contributed by atoms with E-state index in [2.05, 4.69) is 4.74 Å². The molecule has 1 aliphatic heterocycles. The van der Waals surface area contributed by atoms with Crippen LogP contribution >= 0.6 is 0 Å². The Morgan fingerprint density at radius 1 is 1.23 bits per heavy atom. The van der Waals surface area contributed by atoms with E-state index in [0.29, 0.717) is 16.9 Å². The number of ether oxygens (including phenoxy) is 2. The van der Waals surface area contributed by atoms with Gasteiger partial charge in [-0.1, -0.05) is 12.1 Å². The number of benzene rings is 2. The molecule has 0 aromatic heterocycles. The first kappa shape index (κ1) is 14.1. The number of Topliss-reactive ketones (excluding diaryl/α,β-unsaturated/α-hetero) is 1. The second-order valence-electron chi connectivity index (χ2n) is 5.03. The van der Waals surface area contributed by atoms with Crippen molar-refractivity contribution in [3.8, 4) is 11.5 Å². The van der Waals surface area contributed by atoms with Gasteiger partial charge in [0.05, 0.1) is 24.7 Å². The van der Waals surface area contributed by atoms with E-state index in [1.54, 1.807) is 30.3 Å². The van der Waals surface area contributed by atoms with E-state index >= 15 is 0 Å². The van der Waals surface area contributed by atoms with E-state index in [9.17, 15) is 14.7 Å². The molecule has 0 amide bonds. The smallest absolute Gasteiger partial charge is 0.337 e. The van der Waals surface area contributed by atoms with Gasteiger partial charge in [0.25, 0.3) is 0 Å². The number of carbonyl (C=O) groups excluding carboxylic acids is 2. The number of esters is 1. The Morgan fingerprint density at radius 3 is 2.64 bits per heavy atom. The molecule has 1 heterocycles. The zero-order valence-electron chi connectivity index (χ0n) is 11.9. The summed E-state index contributed by atoms with van der Waals surface area (Å²) < 4.78 is 10.4. The van der Waals surface area contributed by atoms with Crippen molar-refractivity contribution < 1.29 is 24.2 Å². The van der Waals surface area contributed by atoms with Crippen molar-refractivity contribution >= 4 is 11.8 Å². The average molecular weight is 298 g/mol. The third-order valence-electron chi connectivity index (χ3n) is 3.61. The molecule has 112 valence electrons. The topological polar surface area (TPSA) is 72.8 Å². The SMILES string of the molecule is COC(=O)c1ccc([C@H]2CC(=O)c3ccc(O)cc3O2)cc1. The van der Waals surface area contributed by atoms with Crippen LogP contribution in [-0.2, 0) is 4.74 Å². The Hall–Kier alpha value is -2.82. The molecule has 5 nitrogen and oxygen atoms in total. The summed E-state index contributed by atoms with van der Waals surface area (Å²) >= 11 is 0. The first-order valence-electron chi connectivity index (χ1n) is 6.79. The number of hydrogen-bond donors (Lipinski definition) is 1. The number of hydrogen-bond acceptors (Lipinski definition) is 5. The minimum Gasteiger partial charge on any atom is -0.508 e. The van der Waals surface area contributed by atoms with E-state index in [1.807, 2.05) is 0 Å². The minimum absolute atomic E-state index is 0.0386. The van der Waals surface area contributed by atoms with Gasteiger partial charge in [-0.2, -0.15) is 0 Å². The Kier molecular flexibility index (Phi) is 3.55. The third kappa shape index (κ3) is 2.53. The average Bonchev–Trinajstić information content (AvgIpc) is 2.53. The molecule has 2 aromatic rings. The van der Waals surface area contributed by atoms with Crippen LogP contribution in [0.2, 0.25) is 0 Å². The van der Waals surface area contributed by atoms with Crippen molar-refractivity contribution in [1.82, 2.24) is 0 Å². The number of methoxy groups -OCH3 is 1. The predicted molar refractivity (Wildman–Crippen MR) is 78.2 cm³/mol. The molecule has 0 bridgehead atoms. The van der Waals surface area contributed by atoms with E-state index in [-0.39, 0.29) is 18.0 Å². The Labute approximate surface area is 127 Å². The van der Waals surface area contributed by atoms with Crippen molar-refractivity contribution in [3.63, 3.8) is 0 Å². The van der Waals surface area contributed by atoms with Gasteiger partial charge >= 0.3 is 5.97 Å². The third-order valence-corrected chi connectivity index (χ3v) is 3.61. The highest BCUT2D eigenvalue weighted by Crippen LogP contribution is 2.36. The van der Waals surface area contributed by atoms with E-state index in [4.69, 9.17) is 4.74 Å². The van der Waals surface area contributed by atoms with Crippen LogP contribution in [0.5, 0.6) is 11.5 Å². The summed E-state index contributed by atoms with van der Waals surface area (Å²) in [7, 11) is 1.32. The van der Waals surface area contributed by atoms with Crippen molar-refractivity contribution in [2.24, 2.45) is 0 Å². The van der Waals surface area contributed by atoms with Gasteiger partial charge in [0.15, 0.2) is 5.78 Å². The summed E-state index contributed by atoms with van der Waals surface area (Å²) in [5.41, 5.74) is 1.70. The molecular weight excluding hydrogens is 284 g/mol. The molecule has 1 atom stereocenters. The van der Waals surface area contributed by atoms with Crippen LogP contribution in [0.1, 0.15) is 38.8 Å². The molecular formula is C17H14O5. The number of carbonyl (C=O) groups is 2. The predicted octanol–water partition coefficient (Wildman–Crippen LogP) is 2.89. The first-order valence-corrected chi connectivity index (χ1v) is 6.79.